The summed E-state index contributed by atoms with van der Waals surface area (Å²) in [6.07, 6.45) is 3.62. The minimum atomic E-state index is -0.202. The number of nitrogens with one attached hydrogen (secondary N) is 5. The van der Waals surface area contributed by atoms with Crippen molar-refractivity contribution in [2.75, 3.05) is 70.0 Å². The van der Waals surface area contributed by atoms with Gasteiger partial charge in [0.05, 0.1) is 43.4 Å². The van der Waals surface area contributed by atoms with Crippen LogP contribution in [0.5, 0.6) is 0 Å². The van der Waals surface area contributed by atoms with Gasteiger partial charge in [0.2, 0.25) is 0 Å². The van der Waals surface area contributed by atoms with Crippen LogP contribution in [0.25, 0.3) is 0 Å². The van der Waals surface area contributed by atoms with Gasteiger partial charge >= 0.3 is 0 Å². The van der Waals surface area contributed by atoms with Gasteiger partial charge in [0.25, 0.3) is 23.6 Å². The van der Waals surface area contributed by atoms with Gasteiger partial charge in [-0.3, -0.25) is 29.0 Å². The van der Waals surface area contributed by atoms with E-state index in [4.69, 9.17) is 87.6 Å². The summed E-state index contributed by atoms with van der Waals surface area (Å²) < 4.78 is 0. The van der Waals surface area contributed by atoms with Crippen LogP contribution >= 0.6 is 133 Å². The van der Waals surface area contributed by atoms with Crippen LogP contribution < -0.4 is 32.3 Å². The summed E-state index contributed by atoms with van der Waals surface area (Å²) in [7, 11) is 0. The number of carbonyl (C=O) groups excluding carboxylic acids is 4. The lowest BCUT2D eigenvalue weighted by Crippen LogP contribution is -2.32. The molecule has 6 aliphatic rings. The van der Waals surface area contributed by atoms with Crippen LogP contribution in [0, 0.1) is 0 Å². The molecular formula is C59H55BrCl6N12O4S4. The SMILES string of the molecule is Clc1cc(Cl)cc(CNCCSC2Cc3ccc(Cl)nc3N2)c1.NCCSC1Cc2ccc(Cl)nc2N1.O=C1c2ccccc2C(=O)N1CCBr.O=C1c2ccccc2C(=O)N1CCSC1Cc2ccc(Cl)nc2N1.S=C1Cc2ccc(Cl)nc2N1. The van der Waals surface area contributed by atoms with Gasteiger partial charge in [-0.05, 0) is 89.0 Å². The van der Waals surface area contributed by atoms with Gasteiger partial charge in [-0.15, -0.1) is 35.3 Å². The Hall–Kier alpha value is -4.98. The number of fused-ring (bicyclic) bond motifs is 6. The van der Waals surface area contributed by atoms with Crippen molar-refractivity contribution in [3.63, 3.8) is 0 Å². The molecule has 10 heterocycles. The first kappa shape index (κ1) is 65.5. The minimum Gasteiger partial charge on any atom is -0.358 e. The number of thioether (sulfide) groups is 3. The number of rotatable bonds is 15. The summed E-state index contributed by atoms with van der Waals surface area (Å²) in [5, 5.41) is 21.4. The standard InChI is InChI=1S/C17H14ClN3O2S.C16H16Cl3N3S.C10H8BrNO2.C9H12ClN3S.C7H5ClN2S/c18-13-6-5-10-9-14(20-15(10)19-13)24-8-7-21-16(22)11-3-1-2-4-12(11)17(21)23;17-12-5-10(6-13(18)8-12)9-20-3-4-23-15-7-11-1-2-14(19)21-16(11)22-15;11-5-6-12-9(13)7-3-1-2-4-8(7)10(12)14;10-7-2-1-6-5-8(14-4-3-11)13-9(6)12-7;8-5-2-1-4-3-6(11)10-7(4)9-5/h1-6,14H,7-9H2,(H,19,20);1-2,5-6,8,15,20H,3-4,7,9H2,(H,21,22);1-4H,5-6H2;1-2,8H,3-5,11H2,(H,12,13);1-2H,3H2,(H,9,10,11). The number of nitrogens with zero attached hydrogens (tertiary/aromatic N) is 6. The Kier molecular flexibility index (Phi) is 24.0. The van der Waals surface area contributed by atoms with Gasteiger partial charge in [-0.1, -0.05) is 146 Å². The first-order chi connectivity index (χ1) is 41.5. The second-order valence-corrected chi connectivity index (χ2v) is 27.1. The molecule has 3 aromatic carbocycles. The fraction of sp³-hybridized carbons (Fsp3) is 0.271. The molecule has 3 atom stereocenters. The first-order valence-corrected chi connectivity index (χ1v) is 33.9. The number of alkyl halides is 1. The van der Waals surface area contributed by atoms with Gasteiger partial charge in [0.15, 0.2) is 0 Å². The highest BCUT2D eigenvalue weighted by Gasteiger charge is 2.36. The molecule has 0 bridgehead atoms. The fourth-order valence-corrected chi connectivity index (χ4v) is 14.3. The average Bonchev–Trinajstić information content (AvgIpc) is 2.28. The number of imide groups is 2. The minimum absolute atomic E-state index is 0.182. The van der Waals surface area contributed by atoms with Crippen molar-refractivity contribution < 1.29 is 19.2 Å². The fourth-order valence-electron chi connectivity index (χ4n) is 9.52. The molecule has 0 saturated heterocycles. The maximum absolute atomic E-state index is 12.3. The molecule has 7 N–H and O–H groups in total. The van der Waals surface area contributed by atoms with Gasteiger partial charge in [-0.25, -0.2) is 19.9 Å². The molecule has 0 radical (unpaired) electrons. The molecule has 13 rings (SSSR count). The third-order valence-corrected chi connectivity index (χ3v) is 18.8. The summed E-state index contributed by atoms with van der Waals surface area (Å²) in [4.78, 5) is 68.2. The number of nitrogens with two attached hydrogens (primary N) is 1. The monoisotopic (exact) mass is 1410 g/mol. The zero-order valence-corrected chi connectivity index (χ0v) is 55.0. The third-order valence-electron chi connectivity index (χ3n) is 13.5. The first-order valence-electron chi connectivity index (χ1n) is 26.9. The van der Waals surface area contributed by atoms with Gasteiger partial charge in [0.1, 0.15) is 43.9 Å². The van der Waals surface area contributed by atoms with E-state index < -0.39 is 0 Å². The van der Waals surface area contributed by atoms with Crippen molar-refractivity contribution in [1.29, 1.82) is 0 Å². The van der Waals surface area contributed by atoms with Crippen molar-refractivity contribution in [3.05, 3.63) is 196 Å². The lowest BCUT2D eigenvalue weighted by Gasteiger charge is -2.15. The highest BCUT2D eigenvalue weighted by Crippen LogP contribution is 2.34. The predicted molar refractivity (Wildman–Crippen MR) is 362 cm³/mol. The van der Waals surface area contributed by atoms with Crippen molar-refractivity contribution >= 4 is 185 Å². The number of carbonyl (C=O) groups is 4. The van der Waals surface area contributed by atoms with E-state index in [2.05, 4.69) is 62.4 Å². The zero-order chi connectivity index (χ0) is 60.9. The zero-order valence-electron chi connectivity index (χ0n) is 45.6. The third kappa shape index (κ3) is 17.5. The molecule has 7 aromatic rings. The molecule has 27 heteroatoms. The van der Waals surface area contributed by atoms with E-state index >= 15 is 0 Å². The van der Waals surface area contributed by atoms with E-state index in [1.54, 1.807) is 78.5 Å². The molecule has 448 valence electrons. The molecule has 16 nitrogen and oxygen atoms in total. The van der Waals surface area contributed by atoms with E-state index in [9.17, 15) is 19.2 Å². The number of halogens is 7. The molecule has 3 unspecified atom stereocenters. The lowest BCUT2D eigenvalue weighted by molar-refractivity contribution is 0.0649. The van der Waals surface area contributed by atoms with Crippen LogP contribution in [-0.2, 0) is 32.2 Å². The number of anilines is 4. The largest absolute Gasteiger partial charge is 0.358 e. The van der Waals surface area contributed by atoms with Crippen molar-refractivity contribution in [2.24, 2.45) is 5.73 Å². The second-order valence-electron chi connectivity index (χ2n) is 19.5. The van der Waals surface area contributed by atoms with E-state index in [0.29, 0.717) is 94.4 Å². The maximum Gasteiger partial charge on any atom is 0.261 e. The number of pyridine rings is 4. The molecule has 0 fully saturated rings. The Balaban J connectivity index is 0.000000132. The summed E-state index contributed by atoms with van der Waals surface area (Å²) in [6.45, 7) is 3.22. The van der Waals surface area contributed by atoms with E-state index in [-0.39, 0.29) is 29.0 Å². The van der Waals surface area contributed by atoms with Crippen LogP contribution in [0.15, 0.2) is 115 Å². The summed E-state index contributed by atoms with van der Waals surface area (Å²) in [5.74, 6) is 5.33. The van der Waals surface area contributed by atoms with Crippen LogP contribution in [0.1, 0.15) is 69.2 Å². The second kappa shape index (κ2) is 31.5. The van der Waals surface area contributed by atoms with Gasteiger partial charge in [0, 0.05) is 96.6 Å². The van der Waals surface area contributed by atoms with Crippen LogP contribution in [0.4, 0.5) is 23.3 Å². The Morgan fingerprint density at radius 3 is 1.36 bits per heavy atom. The number of hydrogen-bond acceptors (Lipinski definition) is 17. The Morgan fingerprint density at radius 1 is 0.535 bits per heavy atom. The smallest absolute Gasteiger partial charge is 0.261 e. The number of amides is 4. The number of thiocarbonyl (C=S) groups is 1. The molecule has 0 saturated carbocycles. The summed E-state index contributed by atoms with van der Waals surface area (Å²) in [5.41, 5.74) is 13.3. The molecule has 0 spiro atoms. The average molecular weight is 1420 g/mol. The Bertz CT molecular complexity index is 3570. The number of benzene rings is 3. The topological polar surface area (TPSA) is 212 Å². The molecule has 6 aliphatic heterocycles. The van der Waals surface area contributed by atoms with Crippen LogP contribution in [-0.4, -0.2) is 123 Å². The van der Waals surface area contributed by atoms with Crippen molar-refractivity contribution in [3.8, 4) is 0 Å². The van der Waals surface area contributed by atoms with E-state index in [0.717, 1.165) is 95.2 Å². The normalized spacial score (nSPS) is 16.9. The highest BCUT2D eigenvalue weighted by molar-refractivity contribution is 9.09. The van der Waals surface area contributed by atoms with Crippen molar-refractivity contribution in [1.82, 2.24) is 35.1 Å². The quantitative estimate of drug-likeness (QED) is 0.0185. The summed E-state index contributed by atoms with van der Waals surface area (Å²) >= 11 is 48.8. The van der Waals surface area contributed by atoms with E-state index in [1.165, 1.54) is 20.9 Å². The molecule has 4 amide bonds. The highest BCUT2D eigenvalue weighted by atomic mass is 79.9. The number of hydrogen-bond donors (Lipinski definition) is 6. The maximum atomic E-state index is 12.3. The van der Waals surface area contributed by atoms with E-state index in [1.807, 2.05) is 72.1 Å². The van der Waals surface area contributed by atoms with Crippen LogP contribution in [0.3, 0.4) is 0 Å². The molecule has 86 heavy (non-hydrogen) atoms. The Labute approximate surface area is 554 Å². The lowest BCUT2D eigenvalue weighted by atomic mass is 10.1. The number of aromatic nitrogens is 4. The predicted octanol–water partition coefficient (Wildman–Crippen LogP) is 13.3. The van der Waals surface area contributed by atoms with Crippen molar-refractivity contribution in [2.45, 2.75) is 48.3 Å². The molecular weight excluding hydrogens is 1360 g/mol. The van der Waals surface area contributed by atoms with Gasteiger partial charge in [-0.2, -0.15) is 0 Å². The molecule has 0 aliphatic carbocycles. The van der Waals surface area contributed by atoms with Crippen LogP contribution in [0.2, 0.25) is 30.7 Å². The summed E-state index contributed by atoms with van der Waals surface area (Å²) in [6, 6.07) is 34.7. The Morgan fingerprint density at radius 2 is 0.930 bits per heavy atom. The van der Waals surface area contributed by atoms with Gasteiger partial charge < -0.3 is 32.3 Å². The molecule has 4 aromatic heterocycles.